The van der Waals surface area contributed by atoms with Crippen molar-refractivity contribution < 1.29 is 14.3 Å². The van der Waals surface area contributed by atoms with Crippen molar-refractivity contribution in [2.75, 3.05) is 20.3 Å². The van der Waals surface area contributed by atoms with Gasteiger partial charge in [0.25, 0.3) is 0 Å². The van der Waals surface area contributed by atoms with E-state index in [1.165, 1.54) is 7.11 Å². The molecule has 0 aromatic heterocycles. The molecule has 84 valence electrons. The van der Waals surface area contributed by atoms with Crippen LogP contribution in [0.1, 0.15) is 22.3 Å². The van der Waals surface area contributed by atoms with Gasteiger partial charge in [0, 0.05) is 18.5 Å². The van der Waals surface area contributed by atoms with E-state index in [4.69, 9.17) is 4.74 Å². The van der Waals surface area contributed by atoms with Gasteiger partial charge in [-0.3, -0.25) is 4.99 Å². The maximum Gasteiger partial charge on any atom is 0.337 e. The molecule has 1 aromatic carbocycles. The van der Waals surface area contributed by atoms with Gasteiger partial charge in [-0.05, 0) is 24.3 Å². The van der Waals surface area contributed by atoms with Crippen molar-refractivity contribution in [1.82, 2.24) is 0 Å². The average Bonchev–Trinajstić information content (AvgIpc) is 2.39. The Labute approximate surface area is 93.9 Å². The van der Waals surface area contributed by atoms with Crippen LogP contribution in [0.15, 0.2) is 29.3 Å². The lowest BCUT2D eigenvalue weighted by atomic mass is 10.1. The van der Waals surface area contributed by atoms with Crippen LogP contribution in [-0.4, -0.2) is 32.1 Å². The lowest BCUT2D eigenvalue weighted by Crippen LogP contribution is -2.14. The second-order valence-electron chi connectivity index (χ2n) is 3.46. The van der Waals surface area contributed by atoms with Crippen LogP contribution in [0.25, 0.3) is 0 Å². The summed E-state index contributed by atoms with van der Waals surface area (Å²) in [4.78, 5) is 15.5. The summed E-state index contributed by atoms with van der Waals surface area (Å²) in [6.07, 6.45) is 0.962. The van der Waals surface area contributed by atoms with E-state index in [1.807, 2.05) is 12.1 Å². The summed E-state index contributed by atoms with van der Waals surface area (Å²) in [6.45, 7) is 1.51. The Morgan fingerprint density at radius 2 is 2.12 bits per heavy atom. The first-order valence-corrected chi connectivity index (χ1v) is 5.17. The number of carbonyl (C=O) groups excluding carboxylic acids is 1. The molecule has 0 fully saturated rings. The second kappa shape index (κ2) is 4.79. The van der Waals surface area contributed by atoms with E-state index in [9.17, 15) is 4.79 Å². The molecule has 4 nitrogen and oxygen atoms in total. The lowest BCUT2D eigenvalue weighted by molar-refractivity contribution is 0.0600. The first-order valence-electron chi connectivity index (χ1n) is 5.17. The zero-order valence-electron chi connectivity index (χ0n) is 9.10. The van der Waals surface area contributed by atoms with E-state index in [0.717, 1.165) is 18.5 Å². The Morgan fingerprint density at radius 1 is 1.38 bits per heavy atom. The number of hydrogen-bond donors (Lipinski definition) is 0. The molecule has 4 heteroatoms. The minimum Gasteiger partial charge on any atom is -0.477 e. The molecule has 0 spiro atoms. The van der Waals surface area contributed by atoms with Crippen LogP contribution in [0.5, 0.6) is 0 Å². The third kappa shape index (κ3) is 2.21. The number of esters is 1. The summed E-state index contributed by atoms with van der Waals surface area (Å²) in [5.74, 6) is 0.320. The zero-order chi connectivity index (χ0) is 11.4. The van der Waals surface area contributed by atoms with Gasteiger partial charge in [-0.25, -0.2) is 4.79 Å². The Morgan fingerprint density at radius 3 is 2.69 bits per heavy atom. The molecule has 0 saturated carbocycles. The maximum absolute atomic E-state index is 11.2. The monoisotopic (exact) mass is 219 g/mol. The number of benzene rings is 1. The largest absolute Gasteiger partial charge is 0.477 e. The van der Waals surface area contributed by atoms with Crippen molar-refractivity contribution in [2.45, 2.75) is 6.42 Å². The molecule has 0 saturated heterocycles. The van der Waals surface area contributed by atoms with Crippen LogP contribution in [0, 0.1) is 0 Å². The SMILES string of the molecule is COC(=O)c1ccc(C2=NCCCO2)cc1. The molecule has 1 aromatic rings. The molecule has 0 N–H and O–H groups in total. The minimum atomic E-state index is -0.335. The van der Waals surface area contributed by atoms with Crippen LogP contribution >= 0.6 is 0 Å². The van der Waals surface area contributed by atoms with E-state index in [0.29, 0.717) is 18.1 Å². The number of nitrogens with zero attached hydrogens (tertiary/aromatic N) is 1. The highest BCUT2D eigenvalue weighted by atomic mass is 16.5. The van der Waals surface area contributed by atoms with Crippen molar-refractivity contribution in [2.24, 2.45) is 4.99 Å². The van der Waals surface area contributed by atoms with Crippen LogP contribution in [0.3, 0.4) is 0 Å². The molecule has 16 heavy (non-hydrogen) atoms. The summed E-state index contributed by atoms with van der Waals surface area (Å²) in [6, 6.07) is 7.05. The van der Waals surface area contributed by atoms with E-state index < -0.39 is 0 Å². The van der Waals surface area contributed by atoms with E-state index >= 15 is 0 Å². The van der Waals surface area contributed by atoms with Gasteiger partial charge in [-0.1, -0.05) is 0 Å². The number of hydrogen-bond acceptors (Lipinski definition) is 4. The van der Waals surface area contributed by atoms with Crippen LogP contribution in [0.2, 0.25) is 0 Å². The smallest absolute Gasteiger partial charge is 0.337 e. The summed E-state index contributed by atoms with van der Waals surface area (Å²) >= 11 is 0. The predicted octanol–water partition coefficient (Wildman–Crippen LogP) is 1.64. The van der Waals surface area contributed by atoms with E-state index in [1.54, 1.807) is 12.1 Å². The molecular weight excluding hydrogens is 206 g/mol. The van der Waals surface area contributed by atoms with Crippen molar-refractivity contribution in [3.63, 3.8) is 0 Å². The highest BCUT2D eigenvalue weighted by Gasteiger charge is 2.10. The molecule has 0 radical (unpaired) electrons. The molecule has 1 heterocycles. The quantitative estimate of drug-likeness (QED) is 0.710. The highest BCUT2D eigenvalue weighted by Crippen LogP contribution is 2.10. The predicted molar refractivity (Wildman–Crippen MR) is 59.8 cm³/mol. The van der Waals surface area contributed by atoms with Gasteiger partial charge in [0.15, 0.2) is 0 Å². The summed E-state index contributed by atoms with van der Waals surface area (Å²) in [5.41, 5.74) is 1.43. The summed E-state index contributed by atoms with van der Waals surface area (Å²) < 4.78 is 10.0. The van der Waals surface area contributed by atoms with Gasteiger partial charge < -0.3 is 9.47 Å². The molecule has 2 rings (SSSR count). The van der Waals surface area contributed by atoms with E-state index in [-0.39, 0.29) is 5.97 Å². The lowest BCUT2D eigenvalue weighted by Gasteiger charge is -2.13. The summed E-state index contributed by atoms with van der Waals surface area (Å²) in [7, 11) is 1.37. The number of ether oxygens (including phenoxy) is 2. The van der Waals surface area contributed by atoms with Crippen LogP contribution in [-0.2, 0) is 9.47 Å². The Balaban J connectivity index is 2.18. The Bertz CT molecular complexity index is 409. The van der Waals surface area contributed by atoms with Gasteiger partial charge in [0.2, 0.25) is 5.90 Å². The maximum atomic E-state index is 11.2. The third-order valence-electron chi connectivity index (χ3n) is 2.35. The van der Waals surface area contributed by atoms with Gasteiger partial charge in [-0.2, -0.15) is 0 Å². The van der Waals surface area contributed by atoms with Gasteiger partial charge in [0.1, 0.15) is 0 Å². The molecular formula is C12H13NO3. The topological polar surface area (TPSA) is 47.9 Å². The molecule has 0 atom stereocenters. The first kappa shape index (κ1) is 10.7. The van der Waals surface area contributed by atoms with Gasteiger partial charge >= 0.3 is 5.97 Å². The fraction of sp³-hybridized carbons (Fsp3) is 0.333. The van der Waals surface area contributed by atoms with E-state index in [2.05, 4.69) is 9.73 Å². The van der Waals surface area contributed by atoms with Crippen LogP contribution < -0.4 is 0 Å². The molecule has 0 unspecified atom stereocenters. The second-order valence-corrected chi connectivity index (χ2v) is 3.46. The van der Waals surface area contributed by atoms with Crippen molar-refractivity contribution in [3.05, 3.63) is 35.4 Å². The molecule has 1 aliphatic heterocycles. The highest BCUT2D eigenvalue weighted by molar-refractivity contribution is 5.96. The fourth-order valence-corrected chi connectivity index (χ4v) is 1.50. The number of methoxy groups -OCH3 is 1. The standard InChI is InChI=1S/C12H13NO3/c1-15-12(14)10-5-3-9(4-6-10)11-13-7-2-8-16-11/h3-6H,2,7-8H2,1H3. The molecule has 0 bridgehead atoms. The third-order valence-corrected chi connectivity index (χ3v) is 2.35. The number of carbonyl (C=O) groups is 1. The van der Waals surface area contributed by atoms with Gasteiger partial charge in [-0.15, -0.1) is 0 Å². The molecule has 1 aliphatic rings. The normalized spacial score (nSPS) is 14.9. The number of rotatable bonds is 2. The molecule has 0 aliphatic carbocycles. The number of aliphatic imine (C=N–C) groups is 1. The van der Waals surface area contributed by atoms with Crippen molar-refractivity contribution in [1.29, 1.82) is 0 Å². The summed E-state index contributed by atoms with van der Waals surface area (Å²) in [5, 5.41) is 0. The Hall–Kier alpha value is -1.84. The van der Waals surface area contributed by atoms with Crippen molar-refractivity contribution >= 4 is 11.9 Å². The Kier molecular flexibility index (Phi) is 3.19. The van der Waals surface area contributed by atoms with Crippen LogP contribution in [0.4, 0.5) is 0 Å². The minimum absolute atomic E-state index is 0.335. The molecule has 0 amide bonds. The fourth-order valence-electron chi connectivity index (χ4n) is 1.50. The average molecular weight is 219 g/mol. The van der Waals surface area contributed by atoms with Crippen molar-refractivity contribution in [3.8, 4) is 0 Å². The van der Waals surface area contributed by atoms with Gasteiger partial charge in [0.05, 0.1) is 19.3 Å². The zero-order valence-corrected chi connectivity index (χ0v) is 9.10. The first-order chi connectivity index (χ1) is 7.81.